The predicted octanol–water partition coefficient (Wildman–Crippen LogP) is 1.88. The normalized spacial score (nSPS) is 10.9. The van der Waals surface area contributed by atoms with Crippen LogP contribution in [0.3, 0.4) is 0 Å². The van der Waals surface area contributed by atoms with Gasteiger partial charge in [-0.1, -0.05) is 30.3 Å². The zero-order valence-corrected chi connectivity index (χ0v) is 12.7. The lowest BCUT2D eigenvalue weighted by molar-refractivity contribution is 0.0519. The van der Waals surface area contributed by atoms with E-state index in [1.807, 2.05) is 30.3 Å². The first kappa shape index (κ1) is 14.8. The van der Waals surface area contributed by atoms with Crippen molar-refractivity contribution in [1.29, 1.82) is 0 Å². The maximum absolute atomic E-state index is 12.5. The molecule has 0 aliphatic rings. The van der Waals surface area contributed by atoms with Crippen molar-refractivity contribution in [3.8, 4) is 17.0 Å². The fourth-order valence-electron chi connectivity index (χ4n) is 2.51. The van der Waals surface area contributed by atoms with Gasteiger partial charge in [0.1, 0.15) is 5.65 Å². The Labute approximate surface area is 131 Å². The van der Waals surface area contributed by atoms with Gasteiger partial charge in [0.05, 0.1) is 12.3 Å². The molecule has 0 amide bonds. The number of aromatic amines is 1. The van der Waals surface area contributed by atoms with E-state index in [1.165, 1.54) is 0 Å². The number of hydrogen-bond acceptors (Lipinski definition) is 5. The molecule has 0 bridgehead atoms. The molecule has 0 saturated heterocycles. The highest BCUT2D eigenvalue weighted by molar-refractivity contribution is 5.92. The number of fused-ring (bicyclic) bond motifs is 1. The number of aromatic nitrogens is 3. The Morgan fingerprint density at radius 1 is 1.35 bits per heavy atom. The van der Waals surface area contributed by atoms with Gasteiger partial charge in [0.2, 0.25) is 5.88 Å². The third-order valence-electron chi connectivity index (χ3n) is 3.48. The molecule has 3 rings (SSSR count). The summed E-state index contributed by atoms with van der Waals surface area (Å²) in [5.74, 6) is -1.42. The topological polar surface area (TPSA) is 96.7 Å². The summed E-state index contributed by atoms with van der Waals surface area (Å²) in [5, 5.41) is 14.3. The molecule has 0 saturated carbocycles. The number of carbonyl (C=O) groups is 1. The second kappa shape index (κ2) is 5.60. The van der Waals surface area contributed by atoms with E-state index in [2.05, 4.69) is 10.1 Å². The molecular weight excluding hydrogens is 298 g/mol. The molecule has 0 spiro atoms. The molecule has 2 aromatic heterocycles. The highest BCUT2D eigenvalue weighted by Crippen LogP contribution is 2.27. The summed E-state index contributed by atoms with van der Waals surface area (Å²) in [5.41, 5.74) is 1.28. The number of nitrogens with zero attached hydrogens (tertiary/aromatic N) is 2. The Hall–Kier alpha value is -3.09. The summed E-state index contributed by atoms with van der Waals surface area (Å²) >= 11 is 0. The van der Waals surface area contributed by atoms with Crippen LogP contribution in [0.2, 0.25) is 0 Å². The van der Waals surface area contributed by atoms with Gasteiger partial charge in [-0.25, -0.2) is 4.79 Å². The Balaban J connectivity index is 2.31. The first-order valence-electron chi connectivity index (χ1n) is 7.11. The second-order valence-electron chi connectivity index (χ2n) is 4.96. The van der Waals surface area contributed by atoms with E-state index < -0.39 is 23.0 Å². The van der Waals surface area contributed by atoms with Crippen molar-refractivity contribution >= 4 is 11.6 Å². The zero-order valence-electron chi connectivity index (χ0n) is 12.7. The van der Waals surface area contributed by atoms with Crippen molar-refractivity contribution in [2.45, 2.75) is 13.8 Å². The standard InChI is InChI=1S/C16H15N3O4/c1-3-23-16(22)12-14(20)17-13-11(10-7-5-4-6-8-10)9(2)18-19(13)15(12)21/h4-8,17,20H,3H2,1-2H3. The third kappa shape index (κ3) is 2.36. The van der Waals surface area contributed by atoms with Gasteiger partial charge >= 0.3 is 5.97 Å². The average Bonchev–Trinajstić information content (AvgIpc) is 2.85. The molecule has 7 heteroatoms. The number of H-pyrrole nitrogens is 1. The number of esters is 1. The Morgan fingerprint density at radius 2 is 2.04 bits per heavy atom. The van der Waals surface area contributed by atoms with Gasteiger partial charge in [-0.15, -0.1) is 0 Å². The van der Waals surface area contributed by atoms with Crippen LogP contribution in [0.1, 0.15) is 23.0 Å². The summed E-state index contributed by atoms with van der Waals surface area (Å²) in [6.07, 6.45) is 0. The Morgan fingerprint density at radius 3 is 2.70 bits per heavy atom. The van der Waals surface area contributed by atoms with Crippen molar-refractivity contribution < 1.29 is 14.6 Å². The van der Waals surface area contributed by atoms with Gasteiger partial charge in [-0.05, 0) is 19.4 Å². The molecule has 0 radical (unpaired) electrons. The van der Waals surface area contributed by atoms with Crippen LogP contribution in [0.25, 0.3) is 16.8 Å². The molecule has 23 heavy (non-hydrogen) atoms. The van der Waals surface area contributed by atoms with Gasteiger partial charge in [0.25, 0.3) is 5.56 Å². The molecule has 118 valence electrons. The van der Waals surface area contributed by atoms with E-state index in [4.69, 9.17) is 4.74 Å². The molecule has 0 unspecified atom stereocenters. The highest BCUT2D eigenvalue weighted by atomic mass is 16.5. The Kier molecular flexibility index (Phi) is 3.61. The fraction of sp³-hybridized carbons (Fsp3) is 0.188. The van der Waals surface area contributed by atoms with Gasteiger partial charge in [-0.2, -0.15) is 9.61 Å². The highest BCUT2D eigenvalue weighted by Gasteiger charge is 2.23. The molecule has 2 N–H and O–H groups in total. The number of aromatic hydroxyl groups is 1. The van der Waals surface area contributed by atoms with Crippen molar-refractivity contribution in [2.75, 3.05) is 6.61 Å². The van der Waals surface area contributed by atoms with Crippen LogP contribution >= 0.6 is 0 Å². The Bertz CT molecular complexity index is 941. The van der Waals surface area contributed by atoms with E-state index in [0.29, 0.717) is 16.9 Å². The zero-order chi connectivity index (χ0) is 16.6. The minimum atomic E-state index is -0.887. The maximum atomic E-state index is 12.5. The molecule has 0 atom stereocenters. The summed E-state index contributed by atoms with van der Waals surface area (Å²) in [4.78, 5) is 27.0. The fourth-order valence-corrected chi connectivity index (χ4v) is 2.51. The molecule has 0 aliphatic heterocycles. The van der Waals surface area contributed by atoms with E-state index >= 15 is 0 Å². The van der Waals surface area contributed by atoms with Crippen LogP contribution in [0.4, 0.5) is 0 Å². The summed E-state index contributed by atoms with van der Waals surface area (Å²) in [7, 11) is 0. The van der Waals surface area contributed by atoms with Gasteiger partial charge in [-0.3, -0.25) is 4.79 Å². The molecular formula is C16H15N3O4. The summed E-state index contributed by atoms with van der Waals surface area (Å²) in [6.45, 7) is 3.47. The van der Waals surface area contributed by atoms with E-state index in [-0.39, 0.29) is 6.61 Å². The van der Waals surface area contributed by atoms with Crippen LogP contribution in [0, 0.1) is 6.92 Å². The van der Waals surface area contributed by atoms with Crippen molar-refractivity contribution in [2.24, 2.45) is 0 Å². The van der Waals surface area contributed by atoms with E-state index in [1.54, 1.807) is 13.8 Å². The molecule has 3 aromatic rings. The van der Waals surface area contributed by atoms with Gasteiger partial charge in [0.15, 0.2) is 5.56 Å². The number of hydrogen-bond donors (Lipinski definition) is 2. The maximum Gasteiger partial charge on any atom is 0.349 e. The molecule has 1 aromatic carbocycles. The van der Waals surface area contributed by atoms with Crippen molar-refractivity contribution in [3.63, 3.8) is 0 Å². The minimum Gasteiger partial charge on any atom is -0.494 e. The van der Waals surface area contributed by atoms with Crippen LogP contribution < -0.4 is 5.56 Å². The van der Waals surface area contributed by atoms with Crippen LogP contribution in [0.15, 0.2) is 35.1 Å². The van der Waals surface area contributed by atoms with Crippen LogP contribution in [-0.4, -0.2) is 32.3 Å². The smallest absolute Gasteiger partial charge is 0.349 e. The van der Waals surface area contributed by atoms with Crippen LogP contribution in [0.5, 0.6) is 5.88 Å². The molecule has 0 fully saturated rings. The van der Waals surface area contributed by atoms with Gasteiger partial charge in [0, 0.05) is 5.56 Å². The van der Waals surface area contributed by atoms with Crippen LogP contribution in [-0.2, 0) is 4.74 Å². The monoisotopic (exact) mass is 313 g/mol. The van der Waals surface area contributed by atoms with E-state index in [9.17, 15) is 14.7 Å². The number of carbonyl (C=O) groups excluding carboxylic acids is 1. The number of nitrogens with one attached hydrogen (secondary N) is 1. The first-order chi connectivity index (χ1) is 11.0. The van der Waals surface area contributed by atoms with E-state index in [0.717, 1.165) is 10.1 Å². The lowest BCUT2D eigenvalue weighted by Crippen LogP contribution is -2.25. The number of ether oxygens (including phenoxy) is 1. The lowest BCUT2D eigenvalue weighted by Gasteiger charge is -2.05. The average molecular weight is 313 g/mol. The first-order valence-corrected chi connectivity index (χ1v) is 7.11. The largest absolute Gasteiger partial charge is 0.494 e. The quantitative estimate of drug-likeness (QED) is 0.720. The minimum absolute atomic E-state index is 0.100. The molecule has 2 heterocycles. The SMILES string of the molecule is CCOC(=O)c1c(O)[nH]c2c(-c3ccccc3)c(C)nn2c1=O. The number of aryl methyl sites for hydroxylation is 1. The second-order valence-corrected chi connectivity index (χ2v) is 4.96. The predicted molar refractivity (Wildman–Crippen MR) is 83.6 cm³/mol. The molecule has 7 nitrogen and oxygen atoms in total. The lowest BCUT2D eigenvalue weighted by atomic mass is 10.1. The third-order valence-corrected chi connectivity index (χ3v) is 3.48. The summed E-state index contributed by atoms with van der Waals surface area (Å²) in [6, 6.07) is 9.35. The number of benzene rings is 1. The van der Waals surface area contributed by atoms with Gasteiger partial charge < -0.3 is 14.8 Å². The van der Waals surface area contributed by atoms with Crippen molar-refractivity contribution in [1.82, 2.24) is 14.6 Å². The molecule has 0 aliphatic carbocycles. The summed E-state index contributed by atoms with van der Waals surface area (Å²) < 4.78 is 5.87. The number of rotatable bonds is 3. The van der Waals surface area contributed by atoms with Crippen molar-refractivity contribution in [3.05, 3.63) is 51.9 Å².